The molecule has 0 atom stereocenters. The molecule has 6 heteroatoms. The lowest BCUT2D eigenvalue weighted by atomic mass is 10.0. The lowest BCUT2D eigenvalue weighted by molar-refractivity contribution is -0.117. The van der Waals surface area contributed by atoms with Crippen molar-refractivity contribution in [1.29, 1.82) is 0 Å². The van der Waals surface area contributed by atoms with Crippen molar-refractivity contribution >= 4 is 23.2 Å². The number of carbonyl (C=O) groups is 2. The minimum Gasteiger partial charge on any atom is -0.326 e. The van der Waals surface area contributed by atoms with Crippen molar-refractivity contribution < 1.29 is 9.59 Å². The van der Waals surface area contributed by atoms with Crippen molar-refractivity contribution in [2.45, 2.75) is 137 Å². The fourth-order valence-corrected chi connectivity index (χ4v) is 6.09. The number of rotatable bonds is 28. The zero-order chi connectivity index (χ0) is 34.0. The van der Waals surface area contributed by atoms with Gasteiger partial charge in [-0.2, -0.15) is 0 Å². The minimum atomic E-state index is 0.0817. The van der Waals surface area contributed by atoms with Crippen molar-refractivity contribution in [2.75, 3.05) is 49.9 Å². The van der Waals surface area contributed by atoms with Crippen LogP contribution in [0.1, 0.15) is 142 Å². The van der Waals surface area contributed by atoms with Gasteiger partial charge in [0, 0.05) is 24.2 Å². The molecule has 0 bridgehead atoms. The second kappa shape index (κ2) is 26.3. The summed E-state index contributed by atoms with van der Waals surface area (Å²) in [5.74, 6) is 0.163. The molecular weight excluding hydrogens is 580 g/mol. The molecule has 0 aromatic heterocycles. The molecule has 0 aliphatic carbocycles. The highest BCUT2D eigenvalue weighted by atomic mass is 16.2. The molecule has 0 saturated heterocycles. The van der Waals surface area contributed by atoms with Gasteiger partial charge in [-0.3, -0.25) is 9.59 Å². The largest absolute Gasteiger partial charge is 0.326 e. The highest BCUT2D eigenvalue weighted by Crippen LogP contribution is 2.19. The van der Waals surface area contributed by atoms with Crippen LogP contribution in [0.2, 0.25) is 0 Å². The van der Waals surface area contributed by atoms with Crippen LogP contribution in [0.5, 0.6) is 0 Å². The van der Waals surface area contributed by atoms with E-state index in [0.717, 1.165) is 81.0 Å². The molecule has 2 rings (SSSR count). The zero-order valence-electron chi connectivity index (χ0n) is 30.6. The van der Waals surface area contributed by atoms with Gasteiger partial charge in [0.15, 0.2) is 0 Å². The molecule has 264 valence electrons. The molecule has 2 aromatic carbocycles. The van der Waals surface area contributed by atoms with E-state index in [-0.39, 0.29) is 11.8 Å². The van der Waals surface area contributed by atoms with Crippen LogP contribution < -0.4 is 10.6 Å². The van der Waals surface area contributed by atoms with E-state index < -0.39 is 0 Å². The highest BCUT2D eigenvalue weighted by molar-refractivity contribution is 5.91. The number of unbranched alkanes of at least 4 members (excludes halogenated alkanes) is 8. The number of carbonyl (C=O) groups excluding carboxylic acids is 2. The molecule has 0 saturated carbocycles. The Morgan fingerprint density at radius 1 is 0.489 bits per heavy atom. The Labute approximate surface area is 288 Å². The van der Waals surface area contributed by atoms with Crippen LogP contribution in [0.25, 0.3) is 0 Å². The average Bonchev–Trinajstić information content (AvgIpc) is 3.06. The van der Waals surface area contributed by atoms with E-state index in [1.54, 1.807) is 0 Å². The summed E-state index contributed by atoms with van der Waals surface area (Å²) in [4.78, 5) is 30.6. The third-order valence-corrected chi connectivity index (χ3v) is 8.90. The third-order valence-electron chi connectivity index (χ3n) is 8.90. The summed E-state index contributed by atoms with van der Waals surface area (Å²) >= 11 is 0. The van der Waals surface area contributed by atoms with E-state index in [1.165, 1.54) is 77.0 Å². The Morgan fingerprint density at radius 2 is 0.872 bits per heavy atom. The number of anilines is 2. The van der Waals surface area contributed by atoms with Crippen molar-refractivity contribution in [3.8, 4) is 0 Å². The second-order valence-electron chi connectivity index (χ2n) is 13.4. The van der Waals surface area contributed by atoms with Crippen LogP contribution in [0.4, 0.5) is 11.4 Å². The summed E-state index contributed by atoms with van der Waals surface area (Å²) in [5.41, 5.74) is 3.96. The first kappa shape index (κ1) is 40.5. The summed E-state index contributed by atoms with van der Waals surface area (Å²) in [5, 5.41) is 6.24. The van der Waals surface area contributed by atoms with Gasteiger partial charge in [0.25, 0.3) is 0 Å². The van der Waals surface area contributed by atoms with Crippen molar-refractivity contribution in [2.24, 2.45) is 0 Å². The summed E-state index contributed by atoms with van der Waals surface area (Å²) in [6.07, 6.45) is 18.7. The summed E-state index contributed by atoms with van der Waals surface area (Å²) < 4.78 is 0. The van der Waals surface area contributed by atoms with Gasteiger partial charge in [-0.1, -0.05) is 103 Å². The van der Waals surface area contributed by atoms with Crippen molar-refractivity contribution in [3.05, 3.63) is 59.7 Å². The maximum atomic E-state index is 12.8. The van der Waals surface area contributed by atoms with Crippen LogP contribution in [-0.4, -0.2) is 60.9 Å². The van der Waals surface area contributed by atoms with E-state index in [4.69, 9.17) is 0 Å². The van der Waals surface area contributed by atoms with Gasteiger partial charge in [-0.05, 0) is 120 Å². The quantitative estimate of drug-likeness (QED) is 0.0902. The number of amides is 2. The standard InChI is InChI=1S/C41H68N4O2/c1-5-9-13-15-29-44(27-11-7-3)31-19-25-40(46)42-38-23-17-21-36(34-38)33-37-22-18-24-39(35-37)43-41(47)26-20-32-45(28-12-8-4)30-16-14-10-6-2/h17-18,21-24,34-35H,5-16,19-20,25-33H2,1-4H3,(H,42,46)(H,43,47). The van der Waals surface area contributed by atoms with Gasteiger partial charge in [0.1, 0.15) is 0 Å². The molecular formula is C41H68N4O2. The van der Waals surface area contributed by atoms with Crippen LogP contribution in [-0.2, 0) is 16.0 Å². The average molecular weight is 649 g/mol. The molecule has 0 unspecified atom stereocenters. The van der Waals surface area contributed by atoms with Gasteiger partial charge in [-0.25, -0.2) is 0 Å². The number of benzene rings is 2. The fraction of sp³-hybridized carbons (Fsp3) is 0.659. The SMILES string of the molecule is CCCCCCN(CCCC)CCCC(=O)Nc1cccc(Cc2cccc(NC(=O)CCCN(CCCC)CCCCCC)c2)c1. The number of nitrogens with zero attached hydrogens (tertiary/aromatic N) is 2. The molecule has 2 aromatic rings. The van der Waals surface area contributed by atoms with E-state index in [1.807, 2.05) is 24.3 Å². The predicted molar refractivity (Wildman–Crippen MR) is 202 cm³/mol. The molecule has 0 spiro atoms. The van der Waals surface area contributed by atoms with Gasteiger partial charge in [0.05, 0.1) is 0 Å². The summed E-state index contributed by atoms with van der Waals surface area (Å²) in [6, 6.07) is 16.3. The third kappa shape index (κ3) is 19.7. The lowest BCUT2D eigenvalue weighted by Crippen LogP contribution is -2.28. The summed E-state index contributed by atoms with van der Waals surface area (Å²) in [6.45, 7) is 15.5. The van der Waals surface area contributed by atoms with Gasteiger partial charge in [-0.15, -0.1) is 0 Å². The molecule has 0 heterocycles. The Kier molecular flexibility index (Phi) is 22.6. The van der Waals surface area contributed by atoms with Crippen LogP contribution in [0.15, 0.2) is 48.5 Å². The second-order valence-corrected chi connectivity index (χ2v) is 13.4. The van der Waals surface area contributed by atoms with Crippen LogP contribution in [0, 0.1) is 0 Å². The van der Waals surface area contributed by atoms with Gasteiger partial charge >= 0.3 is 0 Å². The number of nitrogens with one attached hydrogen (secondary N) is 2. The first-order valence-electron chi connectivity index (χ1n) is 19.2. The molecule has 2 amide bonds. The monoisotopic (exact) mass is 649 g/mol. The summed E-state index contributed by atoms with van der Waals surface area (Å²) in [7, 11) is 0. The smallest absolute Gasteiger partial charge is 0.224 e. The van der Waals surface area contributed by atoms with Crippen molar-refractivity contribution in [1.82, 2.24) is 9.80 Å². The molecule has 2 N–H and O–H groups in total. The predicted octanol–water partition coefficient (Wildman–Crippen LogP) is 10.1. The van der Waals surface area contributed by atoms with Gasteiger partial charge < -0.3 is 20.4 Å². The fourth-order valence-electron chi connectivity index (χ4n) is 6.09. The Balaban J connectivity index is 1.80. The zero-order valence-corrected chi connectivity index (χ0v) is 30.6. The molecule has 0 aliphatic heterocycles. The van der Waals surface area contributed by atoms with Crippen molar-refractivity contribution in [3.63, 3.8) is 0 Å². The first-order chi connectivity index (χ1) is 23.0. The highest BCUT2D eigenvalue weighted by Gasteiger charge is 2.10. The van der Waals surface area contributed by atoms with E-state index in [9.17, 15) is 9.59 Å². The normalized spacial score (nSPS) is 11.4. The molecule has 0 aliphatic rings. The Bertz CT molecular complexity index is 1020. The maximum absolute atomic E-state index is 12.8. The van der Waals surface area contributed by atoms with Crippen LogP contribution in [0.3, 0.4) is 0 Å². The Morgan fingerprint density at radius 3 is 1.28 bits per heavy atom. The van der Waals surface area contributed by atoms with Crippen LogP contribution >= 0.6 is 0 Å². The minimum absolute atomic E-state index is 0.0817. The number of hydrogen-bond donors (Lipinski definition) is 2. The van der Waals surface area contributed by atoms with E-state index in [0.29, 0.717) is 12.8 Å². The van der Waals surface area contributed by atoms with E-state index >= 15 is 0 Å². The molecule has 6 nitrogen and oxygen atoms in total. The lowest BCUT2D eigenvalue weighted by Gasteiger charge is -2.22. The van der Waals surface area contributed by atoms with Gasteiger partial charge in [0.2, 0.25) is 11.8 Å². The molecule has 47 heavy (non-hydrogen) atoms. The Hall–Kier alpha value is -2.70. The maximum Gasteiger partial charge on any atom is 0.224 e. The van der Waals surface area contributed by atoms with E-state index in [2.05, 4.69) is 72.4 Å². The molecule has 0 radical (unpaired) electrons. The first-order valence-corrected chi connectivity index (χ1v) is 19.2. The molecule has 0 fully saturated rings. The topological polar surface area (TPSA) is 64.7 Å². The number of hydrogen-bond acceptors (Lipinski definition) is 4.